The molecule has 0 radical (unpaired) electrons. The van der Waals surface area contributed by atoms with Crippen LogP contribution in [0.3, 0.4) is 0 Å². The van der Waals surface area contributed by atoms with Gasteiger partial charge < -0.3 is 0 Å². The lowest BCUT2D eigenvalue weighted by Gasteiger charge is -2.27. The number of hydrogen-bond acceptors (Lipinski definition) is 0. The zero-order chi connectivity index (χ0) is 14.0. The quantitative estimate of drug-likeness (QED) is 0.602. The van der Waals surface area contributed by atoms with Gasteiger partial charge in [0.25, 0.3) is 0 Å². The third kappa shape index (κ3) is 3.33. The van der Waals surface area contributed by atoms with Crippen molar-refractivity contribution >= 4 is 11.6 Å². The second-order valence-electron chi connectivity index (χ2n) is 5.08. The Hall–Kier alpha value is -0.960. The smallest absolute Gasteiger partial charge is 0.166 e. The van der Waals surface area contributed by atoms with Gasteiger partial charge in [-0.15, -0.1) is 6.58 Å². The molecule has 0 atom stereocenters. The predicted octanol–water partition coefficient (Wildman–Crippen LogP) is 5.82. The molecule has 1 aliphatic carbocycles. The Morgan fingerprint density at radius 3 is 2.26 bits per heavy atom. The van der Waals surface area contributed by atoms with Crippen LogP contribution < -0.4 is 0 Å². The van der Waals surface area contributed by atoms with Crippen LogP contribution in [-0.2, 0) is 6.18 Å². The van der Waals surface area contributed by atoms with Crippen LogP contribution in [-0.4, -0.2) is 0 Å². The fourth-order valence-corrected chi connectivity index (χ4v) is 3.00. The van der Waals surface area contributed by atoms with Crippen LogP contribution in [0.15, 0.2) is 30.9 Å². The highest BCUT2D eigenvalue weighted by Crippen LogP contribution is 2.40. The molecule has 1 aromatic rings. The lowest BCUT2D eigenvalue weighted by Crippen LogP contribution is -2.12. The largest absolute Gasteiger partial charge is 0.417 e. The second kappa shape index (κ2) is 5.58. The fraction of sp³-hybridized carbons (Fsp3) is 0.467. The van der Waals surface area contributed by atoms with Crippen LogP contribution in [0.25, 0.3) is 0 Å². The number of allylic oxidation sites excluding steroid dienone is 1. The summed E-state index contributed by atoms with van der Waals surface area (Å²) in [5.74, 6) is 0.858. The molecule has 0 bridgehead atoms. The molecule has 0 aliphatic heterocycles. The third-order valence-corrected chi connectivity index (χ3v) is 4.19. The van der Waals surface area contributed by atoms with Crippen molar-refractivity contribution in [1.82, 2.24) is 0 Å². The molecular formula is C15H16ClF3. The Kier molecular flexibility index (Phi) is 4.24. The van der Waals surface area contributed by atoms with E-state index in [0.29, 0.717) is 11.8 Å². The first kappa shape index (κ1) is 14.4. The molecule has 104 valence electrons. The molecule has 2 rings (SSSR count). The van der Waals surface area contributed by atoms with Gasteiger partial charge in [-0.1, -0.05) is 23.7 Å². The van der Waals surface area contributed by atoms with Gasteiger partial charge in [0.05, 0.1) is 10.6 Å². The minimum atomic E-state index is -4.38. The van der Waals surface area contributed by atoms with Gasteiger partial charge in [-0.05, 0) is 55.2 Å². The van der Waals surface area contributed by atoms with Crippen molar-refractivity contribution in [2.45, 2.75) is 37.8 Å². The standard InChI is InChI=1S/C15H16ClF3/c1-2-10-3-5-11(6-4-10)12-7-8-13(14(16)9-12)15(17,18)19/h2,7-11H,1,3-6H2. The van der Waals surface area contributed by atoms with Crippen molar-refractivity contribution < 1.29 is 13.2 Å². The van der Waals surface area contributed by atoms with Crippen LogP contribution in [0, 0.1) is 5.92 Å². The maximum absolute atomic E-state index is 12.6. The first-order chi connectivity index (χ1) is 8.91. The molecule has 0 amide bonds. The highest BCUT2D eigenvalue weighted by molar-refractivity contribution is 6.31. The predicted molar refractivity (Wildman–Crippen MR) is 71.4 cm³/mol. The van der Waals surface area contributed by atoms with Crippen LogP contribution in [0.4, 0.5) is 13.2 Å². The van der Waals surface area contributed by atoms with Gasteiger partial charge in [0, 0.05) is 0 Å². The molecule has 0 N–H and O–H groups in total. The van der Waals surface area contributed by atoms with Crippen molar-refractivity contribution in [2.75, 3.05) is 0 Å². The summed E-state index contributed by atoms with van der Waals surface area (Å²) in [6.45, 7) is 3.79. The summed E-state index contributed by atoms with van der Waals surface area (Å²) in [5, 5.41) is -0.198. The van der Waals surface area contributed by atoms with Gasteiger partial charge in [0.15, 0.2) is 0 Å². The average molecular weight is 289 g/mol. The summed E-state index contributed by atoms with van der Waals surface area (Å²) < 4.78 is 37.9. The van der Waals surface area contributed by atoms with Crippen LogP contribution in [0.1, 0.15) is 42.7 Å². The minimum absolute atomic E-state index is 0.198. The Labute approximate surface area is 116 Å². The Morgan fingerprint density at radius 1 is 1.16 bits per heavy atom. The monoisotopic (exact) mass is 288 g/mol. The number of alkyl halides is 3. The molecule has 1 fully saturated rings. The summed E-state index contributed by atoms with van der Waals surface area (Å²) in [4.78, 5) is 0. The molecule has 1 saturated carbocycles. The summed E-state index contributed by atoms with van der Waals surface area (Å²) in [7, 11) is 0. The molecule has 1 aliphatic rings. The summed E-state index contributed by atoms with van der Waals surface area (Å²) >= 11 is 5.75. The molecule has 0 aromatic heterocycles. The second-order valence-corrected chi connectivity index (χ2v) is 5.49. The fourth-order valence-electron chi connectivity index (χ4n) is 2.70. The molecule has 4 heteroatoms. The van der Waals surface area contributed by atoms with Crippen molar-refractivity contribution in [3.63, 3.8) is 0 Å². The van der Waals surface area contributed by atoms with Gasteiger partial charge in [0.2, 0.25) is 0 Å². The third-order valence-electron chi connectivity index (χ3n) is 3.88. The molecule has 0 heterocycles. The van der Waals surface area contributed by atoms with Gasteiger partial charge in [0.1, 0.15) is 0 Å². The van der Waals surface area contributed by atoms with E-state index in [0.717, 1.165) is 37.3 Å². The summed E-state index contributed by atoms with van der Waals surface area (Å²) in [6.07, 6.45) is 1.66. The number of halogens is 4. The number of benzene rings is 1. The maximum Gasteiger partial charge on any atom is 0.417 e. The highest BCUT2D eigenvalue weighted by Gasteiger charge is 2.33. The highest BCUT2D eigenvalue weighted by atomic mass is 35.5. The zero-order valence-electron chi connectivity index (χ0n) is 10.5. The van der Waals surface area contributed by atoms with Crippen molar-refractivity contribution in [2.24, 2.45) is 5.92 Å². The molecule has 0 unspecified atom stereocenters. The Bertz CT molecular complexity index is 457. The molecular weight excluding hydrogens is 273 g/mol. The molecule has 19 heavy (non-hydrogen) atoms. The van der Waals surface area contributed by atoms with Crippen LogP contribution in [0.5, 0.6) is 0 Å². The average Bonchev–Trinajstić information content (AvgIpc) is 2.37. The van der Waals surface area contributed by atoms with E-state index in [-0.39, 0.29) is 5.02 Å². The molecule has 0 saturated heterocycles. The van der Waals surface area contributed by atoms with E-state index in [2.05, 4.69) is 6.58 Å². The van der Waals surface area contributed by atoms with E-state index >= 15 is 0 Å². The van der Waals surface area contributed by atoms with E-state index in [1.165, 1.54) is 6.07 Å². The Morgan fingerprint density at radius 2 is 1.79 bits per heavy atom. The van der Waals surface area contributed by atoms with E-state index in [9.17, 15) is 13.2 Å². The maximum atomic E-state index is 12.6. The van der Waals surface area contributed by atoms with Crippen molar-refractivity contribution in [3.05, 3.63) is 47.0 Å². The van der Waals surface area contributed by atoms with Gasteiger partial charge in [-0.2, -0.15) is 13.2 Å². The zero-order valence-corrected chi connectivity index (χ0v) is 11.3. The van der Waals surface area contributed by atoms with Gasteiger partial charge >= 0.3 is 6.18 Å². The van der Waals surface area contributed by atoms with E-state index in [4.69, 9.17) is 11.6 Å². The topological polar surface area (TPSA) is 0 Å². The van der Waals surface area contributed by atoms with Crippen LogP contribution in [0.2, 0.25) is 5.02 Å². The first-order valence-electron chi connectivity index (χ1n) is 6.41. The Balaban J connectivity index is 2.15. The number of rotatable bonds is 2. The van der Waals surface area contributed by atoms with E-state index < -0.39 is 11.7 Å². The van der Waals surface area contributed by atoms with Gasteiger partial charge in [-0.3, -0.25) is 0 Å². The van der Waals surface area contributed by atoms with Crippen molar-refractivity contribution in [1.29, 1.82) is 0 Å². The molecule has 0 spiro atoms. The van der Waals surface area contributed by atoms with Crippen LogP contribution >= 0.6 is 11.6 Å². The lowest BCUT2D eigenvalue weighted by atomic mass is 9.78. The SMILES string of the molecule is C=CC1CCC(c2ccc(C(F)(F)F)c(Cl)c2)CC1. The normalized spacial score (nSPS) is 24.2. The lowest BCUT2D eigenvalue weighted by molar-refractivity contribution is -0.137. The number of hydrogen-bond donors (Lipinski definition) is 0. The first-order valence-corrected chi connectivity index (χ1v) is 6.79. The van der Waals surface area contributed by atoms with E-state index in [1.54, 1.807) is 6.07 Å². The van der Waals surface area contributed by atoms with E-state index in [1.807, 2.05) is 6.08 Å². The van der Waals surface area contributed by atoms with Gasteiger partial charge in [-0.25, -0.2) is 0 Å². The van der Waals surface area contributed by atoms with Crippen molar-refractivity contribution in [3.8, 4) is 0 Å². The summed E-state index contributed by atoms with van der Waals surface area (Å²) in [5.41, 5.74) is 0.165. The molecule has 0 nitrogen and oxygen atoms in total. The minimum Gasteiger partial charge on any atom is -0.166 e. The summed E-state index contributed by atoms with van der Waals surface area (Å²) in [6, 6.07) is 4.13. The molecule has 1 aromatic carbocycles.